The molecule has 6 heteroatoms. The summed E-state index contributed by atoms with van der Waals surface area (Å²) in [6.45, 7) is 10.6. The molecule has 0 bridgehead atoms. The van der Waals surface area contributed by atoms with E-state index in [1.54, 1.807) is 33.8 Å². The molecule has 0 saturated heterocycles. The van der Waals surface area contributed by atoms with Crippen molar-refractivity contribution in [2.75, 3.05) is 6.26 Å². The van der Waals surface area contributed by atoms with Crippen LogP contribution < -0.4 is 0 Å². The minimum Gasteiger partial charge on any atom is -0.459 e. The molecule has 0 aliphatic rings. The number of benzene rings is 2. The summed E-state index contributed by atoms with van der Waals surface area (Å²) in [5.74, 6) is -0.996. The molecular weight excluding hydrogens is 412 g/mol. The van der Waals surface area contributed by atoms with Crippen LogP contribution in [0, 0.1) is 5.41 Å². The van der Waals surface area contributed by atoms with Crippen LogP contribution in [0.1, 0.15) is 55.6 Å². The summed E-state index contributed by atoms with van der Waals surface area (Å²) in [7, 11) is -3.38. The monoisotopic (exact) mass is 442 g/mol. The molecule has 0 aliphatic heterocycles. The second-order valence-electron chi connectivity index (χ2n) is 8.91. The van der Waals surface area contributed by atoms with Crippen LogP contribution in [-0.2, 0) is 25.8 Å². The van der Waals surface area contributed by atoms with Crippen molar-refractivity contribution < 1.29 is 22.7 Å². The fraction of sp³-hybridized carbons (Fsp3) is 0.360. The van der Waals surface area contributed by atoms with Gasteiger partial charge in [-0.05, 0) is 63.8 Å². The Balaban J connectivity index is 2.36. The first-order valence-electron chi connectivity index (χ1n) is 10.1. The predicted molar refractivity (Wildman–Crippen MR) is 123 cm³/mol. The van der Waals surface area contributed by atoms with Crippen molar-refractivity contribution in [1.82, 2.24) is 0 Å². The molecule has 0 fully saturated rings. The highest BCUT2D eigenvalue weighted by Gasteiger charge is 2.44. The van der Waals surface area contributed by atoms with Gasteiger partial charge in [-0.3, -0.25) is 9.59 Å². The Morgan fingerprint density at radius 1 is 0.968 bits per heavy atom. The molecule has 1 atom stereocenters. The van der Waals surface area contributed by atoms with Gasteiger partial charge in [-0.1, -0.05) is 49.1 Å². The van der Waals surface area contributed by atoms with Crippen LogP contribution in [-0.4, -0.2) is 32.0 Å². The van der Waals surface area contributed by atoms with Crippen LogP contribution in [0.4, 0.5) is 0 Å². The molecular formula is C25H30O5S. The summed E-state index contributed by atoms with van der Waals surface area (Å²) in [5, 5.41) is 0. The van der Waals surface area contributed by atoms with E-state index in [1.807, 2.05) is 24.3 Å². The number of sulfone groups is 1. The van der Waals surface area contributed by atoms with E-state index in [0.717, 1.165) is 17.4 Å². The topological polar surface area (TPSA) is 77.5 Å². The highest BCUT2D eigenvalue weighted by Crippen LogP contribution is 2.32. The molecule has 2 rings (SSSR count). The number of esters is 1. The molecule has 0 aromatic heterocycles. The van der Waals surface area contributed by atoms with Crippen molar-refractivity contribution in [3.05, 3.63) is 71.8 Å². The molecule has 0 radical (unpaired) electrons. The average molecular weight is 443 g/mol. The Kier molecular flexibility index (Phi) is 7.27. The Morgan fingerprint density at radius 3 is 1.97 bits per heavy atom. The highest BCUT2D eigenvalue weighted by molar-refractivity contribution is 7.90. The van der Waals surface area contributed by atoms with Gasteiger partial charge in [-0.25, -0.2) is 8.42 Å². The number of aryl methyl sites for hydroxylation is 1. The van der Waals surface area contributed by atoms with E-state index < -0.39 is 32.6 Å². The molecule has 2 aromatic rings. The van der Waals surface area contributed by atoms with Crippen molar-refractivity contribution in [1.29, 1.82) is 0 Å². The third-order valence-corrected chi connectivity index (χ3v) is 6.15. The zero-order valence-electron chi connectivity index (χ0n) is 18.8. The summed E-state index contributed by atoms with van der Waals surface area (Å²) < 4.78 is 29.0. The first kappa shape index (κ1) is 24.5. The van der Waals surface area contributed by atoms with Gasteiger partial charge >= 0.3 is 5.97 Å². The lowest BCUT2D eigenvalue weighted by atomic mass is 9.77. The van der Waals surface area contributed by atoms with Crippen LogP contribution in [0.5, 0.6) is 0 Å². The summed E-state index contributed by atoms with van der Waals surface area (Å²) in [5.41, 5.74) is 0.0746. The molecule has 166 valence electrons. The van der Waals surface area contributed by atoms with Crippen molar-refractivity contribution in [3.63, 3.8) is 0 Å². The number of ether oxygens (including phenoxy) is 1. The first-order valence-corrected chi connectivity index (χ1v) is 12.0. The van der Waals surface area contributed by atoms with Crippen LogP contribution >= 0.6 is 0 Å². The number of hydrogen-bond acceptors (Lipinski definition) is 5. The SMILES string of the molecule is C=Cc1ccc(CCC(C)(C(=O)OC(C)(C)C)C(=O)c2ccc(S(C)(=O)=O)cc2)cc1. The quantitative estimate of drug-likeness (QED) is 0.330. The zero-order chi connectivity index (χ0) is 23.4. The van der Waals surface area contributed by atoms with Gasteiger partial charge < -0.3 is 4.74 Å². The van der Waals surface area contributed by atoms with Gasteiger partial charge in [-0.15, -0.1) is 0 Å². The normalized spacial score (nSPS) is 13.8. The van der Waals surface area contributed by atoms with Crippen LogP contribution in [0.2, 0.25) is 0 Å². The maximum absolute atomic E-state index is 13.4. The second-order valence-corrected chi connectivity index (χ2v) is 10.9. The fourth-order valence-electron chi connectivity index (χ4n) is 3.09. The first-order chi connectivity index (χ1) is 14.3. The summed E-state index contributed by atoms with van der Waals surface area (Å²) in [4.78, 5) is 26.6. The van der Waals surface area contributed by atoms with Gasteiger partial charge in [0.2, 0.25) is 0 Å². The van der Waals surface area contributed by atoms with Gasteiger partial charge in [0.25, 0.3) is 0 Å². The zero-order valence-corrected chi connectivity index (χ0v) is 19.6. The summed E-state index contributed by atoms with van der Waals surface area (Å²) >= 11 is 0. The molecule has 0 aliphatic carbocycles. The van der Waals surface area contributed by atoms with E-state index in [0.29, 0.717) is 6.42 Å². The van der Waals surface area contributed by atoms with Gasteiger partial charge in [0.05, 0.1) is 4.90 Å². The van der Waals surface area contributed by atoms with E-state index in [9.17, 15) is 18.0 Å². The van der Waals surface area contributed by atoms with Crippen LogP contribution in [0.15, 0.2) is 60.0 Å². The second kappa shape index (κ2) is 9.18. The van der Waals surface area contributed by atoms with Crippen molar-refractivity contribution in [2.45, 2.75) is 51.0 Å². The van der Waals surface area contributed by atoms with E-state index in [1.165, 1.54) is 24.3 Å². The lowest BCUT2D eigenvalue weighted by Crippen LogP contribution is -2.42. The number of Topliss-reactive ketones (excluding diaryl/α,β-unsaturated/α-hetero) is 1. The van der Waals surface area contributed by atoms with Gasteiger partial charge in [0, 0.05) is 11.8 Å². The third-order valence-electron chi connectivity index (χ3n) is 5.02. The van der Waals surface area contributed by atoms with Gasteiger partial charge in [0.15, 0.2) is 15.6 Å². The minimum atomic E-state index is -3.38. The van der Waals surface area contributed by atoms with Crippen molar-refractivity contribution >= 4 is 27.7 Å². The molecule has 0 heterocycles. The maximum atomic E-state index is 13.4. The average Bonchev–Trinajstić information content (AvgIpc) is 2.70. The molecule has 5 nitrogen and oxygen atoms in total. The van der Waals surface area contributed by atoms with Crippen LogP contribution in [0.3, 0.4) is 0 Å². The molecule has 2 aromatic carbocycles. The van der Waals surface area contributed by atoms with Gasteiger partial charge in [-0.2, -0.15) is 0 Å². The molecule has 0 amide bonds. The number of carbonyl (C=O) groups excluding carboxylic acids is 2. The fourth-order valence-corrected chi connectivity index (χ4v) is 3.72. The molecule has 31 heavy (non-hydrogen) atoms. The third kappa shape index (κ3) is 6.37. The number of carbonyl (C=O) groups is 2. The Hall–Kier alpha value is -2.73. The lowest BCUT2D eigenvalue weighted by Gasteiger charge is -2.30. The Labute approximate surface area is 185 Å². The predicted octanol–water partition coefficient (Wildman–Crippen LogP) is 4.90. The standard InChI is InChI=1S/C25H30O5S/c1-7-18-8-10-19(11-9-18)16-17-25(5,23(27)30-24(2,3)4)22(26)20-12-14-21(15-13-20)31(6,28)29/h7-15H,1,16-17H2,2-6H3. The summed E-state index contributed by atoms with van der Waals surface area (Å²) in [6, 6.07) is 13.4. The van der Waals surface area contributed by atoms with Crippen molar-refractivity contribution in [2.24, 2.45) is 5.41 Å². The molecule has 0 N–H and O–H groups in total. The maximum Gasteiger partial charge on any atom is 0.320 e. The molecule has 0 spiro atoms. The van der Waals surface area contributed by atoms with Gasteiger partial charge in [0.1, 0.15) is 11.0 Å². The minimum absolute atomic E-state index is 0.116. The van der Waals surface area contributed by atoms with E-state index in [2.05, 4.69) is 6.58 Å². The van der Waals surface area contributed by atoms with Crippen molar-refractivity contribution in [3.8, 4) is 0 Å². The molecule has 0 saturated carbocycles. The smallest absolute Gasteiger partial charge is 0.320 e. The number of hydrogen-bond donors (Lipinski definition) is 0. The Bertz CT molecular complexity index is 1060. The largest absolute Gasteiger partial charge is 0.459 e. The lowest BCUT2D eigenvalue weighted by molar-refractivity contribution is -0.163. The van der Waals surface area contributed by atoms with Crippen LogP contribution in [0.25, 0.3) is 6.08 Å². The Morgan fingerprint density at radius 2 is 1.52 bits per heavy atom. The number of ketones is 1. The van der Waals surface area contributed by atoms with E-state index in [-0.39, 0.29) is 16.9 Å². The van der Waals surface area contributed by atoms with E-state index >= 15 is 0 Å². The van der Waals surface area contributed by atoms with E-state index in [4.69, 9.17) is 4.74 Å². The molecule has 1 unspecified atom stereocenters. The summed E-state index contributed by atoms with van der Waals surface area (Å²) in [6.07, 6.45) is 3.60. The highest BCUT2D eigenvalue weighted by atomic mass is 32.2. The number of rotatable bonds is 8.